The van der Waals surface area contributed by atoms with Gasteiger partial charge in [0.1, 0.15) is 17.2 Å². The second-order valence-electron chi connectivity index (χ2n) is 7.46. The van der Waals surface area contributed by atoms with Crippen LogP contribution in [0.25, 0.3) is 0 Å². The van der Waals surface area contributed by atoms with Gasteiger partial charge in [-0.25, -0.2) is 0 Å². The Morgan fingerprint density at radius 1 is 0.880 bits per heavy atom. The van der Waals surface area contributed by atoms with E-state index in [1.54, 1.807) is 6.92 Å². The smallest absolute Gasteiger partial charge is 0.534 e. The van der Waals surface area contributed by atoms with Gasteiger partial charge in [0.05, 0.1) is 0 Å². The second-order valence-corrected chi connectivity index (χ2v) is 17.9. The summed E-state index contributed by atoms with van der Waals surface area (Å²) in [7, 11) is -9.97. The Kier molecular flexibility index (Phi) is 5.97. The van der Waals surface area contributed by atoms with Gasteiger partial charge in [-0.15, -0.1) is 0 Å². The molecule has 0 atom stereocenters. The highest BCUT2D eigenvalue weighted by atomic mass is 32.2. The van der Waals surface area contributed by atoms with Crippen molar-refractivity contribution >= 4 is 26.8 Å². The first-order valence-electron chi connectivity index (χ1n) is 7.45. The third kappa shape index (κ3) is 6.55. The van der Waals surface area contributed by atoms with E-state index >= 15 is 0 Å². The Hall–Kier alpha value is -1.21. The molecule has 0 N–H and O–H groups in total. The number of benzene rings is 1. The lowest BCUT2D eigenvalue weighted by Crippen LogP contribution is -2.32. The Morgan fingerprint density at radius 3 is 1.52 bits per heavy atom. The molecule has 0 aliphatic heterocycles. The van der Waals surface area contributed by atoms with Crippen molar-refractivity contribution in [3.8, 4) is 17.2 Å². The summed E-state index contributed by atoms with van der Waals surface area (Å²) in [6.45, 7) is 13.1. The minimum Gasteiger partial charge on any atom is -0.544 e. The largest absolute Gasteiger partial charge is 0.544 e. The van der Waals surface area contributed by atoms with Gasteiger partial charge in [-0.2, -0.15) is 21.6 Å². The first-order valence-corrected chi connectivity index (χ1v) is 15.7. The van der Waals surface area contributed by atoms with E-state index in [1.807, 2.05) is 39.3 Å². The van der Waals surface area contributed by atoms with Gasteiger partial charge in [-0.1, -0.05) is 0 Å². The summed E-state index contributed by atoms with van der Waals surface area (Å²) in [5, 5.41) is 0. The number of rotatable bonds is 6. The zero-order chi connectivity index (χ0) is 19.8. The van der Waals surface area contributed by atoms with Gasteiger partial charge < -0.3 is 13.0 Å². The minimum absolute atomic E-state index is 0.252. The van der Waals surface area contributed by atoms with Crippen LogP contribution in [0.4, 0.5) is 13.2 Å². The van der Waals surface area contributed by atoms with E-state index in [9.17, 15) is 21.6 Å². The van der Waals surface area contributed by atoms with Gasteiger partial charge in [0, 0.05) is 17.7 Å². The van der Waals surface area contributed by atoms with Crippen molar-refractivity contribution in [2.75, 3.05) is 0 Å². The van der Waals surface area contributed by atoms with Gasteiger partial charge in [0.15, 0.2) is 0 Å². The van der Waals surface area contributed by atoms with Crippen molar-refractivity contribution in [1.29, 1.82) is 0 Å². The van der Waals surface area contributed by atoms with Crippen molar-refractivity contribution in [3.63, 3.8) is 0 Å². The molecule has 0 bridgehead atoms. The van der Waals surface area contributed by atoms with E-state index in [4.69, 9.17) is 8.85 Å². The highest BCUT2D eigenvalue weighted by Gasteiger charge is 2.48. The number of hydrogen-bond donors (Lipinski definition) is 0. The molecule has 0 spiro atoms. The maximum absolute atomic E-state index is 12.6. The lowest BCUT2D eigenvalue weighted by molar-refractivity contribution is -0.0500. The van der Waals surface area contributed by atoms with Crippen LogP contribution in [0, 0.1) is 6.92 Å². The summed E-state index contributed by atoms with van der Waals surface area (Å²) in [5.41, 5.74) is -4.93. The molecule has 1 aromatic carbocycles. The summed E-state index contributed by atoms with van der Waals surface area (Å²) >= 11 is 0. The molecular formula is C14H23F3O5SSi2. The summed E-state index contributed by atoms with van der Waals surface area (Å²) in [6, 6.07) is 2.29. The molecule has 11 heteroatoms. The van der Waals surface area contributed by atoms with Gasteiger partial charge in [-0.3, -0.25) is 0 Å². The van der Waals surface area contributed by atoms with Gasteiger partial charge in [-0.05, 0) is 46.2 Å². The molecule has 0 amide bonds. The van der Waals surface area contributed by atoms with Gasteiger partial charge in [0.2, 0.25) is 16.6 Å². The summed E-state index contributed by atoms with van der Waals surface area (Å²) in [5.74, 6) is 0.00834. The van der Waals surface area contributed by atoms with Crippen LogP contribution in [-0.4, -0.2) is 30.6 Å². The fourth-order valence-corrected chi connectivity index (χ4v) is 3.92. The quantitative estimate of drug-likeness (QED) is 0.384. The van der Waals surface area contributed by atoms with E-state index < -0.39 is 38.0 Å². The van der Waals surface area contributed by atoms with E-state index in [2.05, 4.69) is 4.18 Å². The van der Waals surface area contributed by atoms with Gasteiger partial charge in [0.25, 0.3) is 0 Å². The Bertz CT molecular complexity index is 697. The minimum atomic E-state index is -5.77. The second kappa shape index (κ2) is 6.84. The average Bonchev–Trinajstić information content (AvgIpc) is 2.29. The summed E-state index contributed by atoms with van der Waals surface area (Å²) < 4.78 is 76.3. The molecule has 1 rings (SSSR count). The molecule has 0 radical (unpaired) electrons. The lowest BCUT2D eigenvalue weighted by Gasteiger charge is -2.26. The van der Waals surface area contributed by atoms with Crippen LogP contribution in [0.1, 0.15) is 5.56 Å². The standard InChI is InChI=1S/C14H23F3O5SSi2/c1-10-12(21-24(2,3)4)8-11(9-13(10)22-25(5,6)7)20-23(18,19)14(15,16)17/h8-9H,1-7H3. The predicted molar refractivity (Wildman–Crippen MR) is 94.7 cm³/mol. The molecule has 0 aliphatic carbocycles. The van der Waals surface area contributed by atoms with Crippen LogP contribution in [0.5, 0.6) is 17.2 Å². The van der Waals surface area contributed by atoms with Crippen molar-refractivity contribution in [2.24, 2.45) is 0 Å². The van der Waals surface area contributed by atoms with Crippen molar-refractivity contribution in [2.45, 2.75) is 51.7 Å². The monoisotopic (exact) mass is 416 g/mol. The van der Waals surface area contributed by atoms with E-state index in [0.717, 1.165) is 12.1 Å². The highest BCUT2D eigenvalue weighted by Crippen LogP contribution is 2.38. The maximum atomic E-state index is 12.6. The Labute approximate surface area is 148 Å². The third-order valence-electron chi connectivity index (χ3n) is 2.61. The molecule has 0 unspecified atom stereocenters. The first kappa shape index (κ1) is 21.8. The van der Waals surface area contributed by atoms with Crippen molar-refractivity contribution in [1.82, 2.24) is 0 Å². The molecule has 0 fully saturated rings. The summed E-state index contributed by atoms with van der Waals surface area (Å²) in [4.78, 5) is 0. The average molecular weight is 417 g/mol. The fourth-order valence-electron chi connectivity index (χ4n) is 1.73. The molecule has 25 heavy (non-hydrogen) atoms. The van der Waals surface area contributed by atoms with E-state index in [1.165, 1.54) is 0 Å². The number of hydrogen-bond acceptors (Lipinski definition) is 5. The SMILES string of the molecule is Cc1c(O[Si](C)(C)C)cc(OS(=O)(=O)C(F)(F)F)cc1O[Si](C)(C)C. The van der Waals surface area contributed by atoms with Crippen LogP contribution in [-0.2, 0) is 10.1 Å². The molecule has 0 aromatic heterocycles. The molecule has 0 heterocycles. The predicted octanol–water partition coefficient (Wildman–Crippen LogP) is 4.65. The van der Waals surface area contributed by atoms with Crippen LogP contribution in [0.3, 0.4) is 0 Å². The highest BCUT2D eigenvalue weighted by molar-refractivity contribution is 7.88. The molecule has 5 nitrogen and oxygen atoms in total. The van der Waals surface area contributed by atoms with Crippen LogP contribution in [0.15, 0.2) is 12.1 Å². The van der Waals surface area contributed by atoms with Crippen LogP contribution < -0.4 is 13.0 Å². The molecular weight excluding hydrogens is 393 g/mol. The van der Waals surface area contributed by atoms with Crippen LogP contribution in [0.2, 0.25) is 39.3 Å². The van der Waals surface area contributed by atoms with E-state index in [-0.39, 0.29) is 11.5 Å². The first-order chi connectivity index (χ1) is 10.9. The number of halogens is 3. The Morgan fingerprint density at radius 2 is 1.24 bits per heavy atom. The van der Waals surface area contributed by atoms with Crippen molar-refractivity contribution in [3.05, 3.63) is 17.7 Å². The summed E-state index contributed by atoms with van der Waals surface area (Å²) in [6.07, 6.45) is 0. The molecule has 144 valence electrons. The Balaban J connectivity index is 3.43. The van der Waals surface area contributed by atoms with Gasteiger partial charge >= 0.3 is 15.6 Å². The molecule has 0 saturated heterocycles. The fraction of sp³-hybridized carbons (Fsp3) is 0.571. The van der Waals surface area contributed by atoms with Crippen molar-refractivity contribution < 1.29 is 34.6 Å². The molecule has 0 aliphatic rings. The topological polar surface area (TPSA) is 61.8 Å². The lowest BCUT2D eigenvalue weighted by atomic mass is 10.2. The zero-order valence-corrected chi connectivity index (χ0v) is 18.1. The number of alkyl halides is 3. The molecule has 0 saturated carbocycles. The normalized spacial score (nSPS) is 13.5. The third-order valence-corrected chi connectivity index (χ3v) is 5.25. The van der Waals surface area contributed by atoms with Crippen LogP contribution >= 0.6 is 0 Å². The maximum Gasteiger partial charge on any atom is 0.534 e. The molecule has 1 aromatic rings. The van der Waals surface area contributed by atoms with E-state index in [0.29, 0.717) is 5.56 Å². The zero-order valence-electron chi connectivity index (χ0n) is 15.2.